The van der Waals surface area contributed by atoms with E-state index in [0.29, 0.717) is 0 Å². The summed E-state index contributed by atoms with van der Waals surface area (Å²) in [5.74, 6) is 0.120. The predicted molar refractivity (Wildman–Crippen MR) is 216 cm³/mol. The molecule has 0 saturated carbocycles. The Morgan fingerprint density at radius 2 is 0.902 bits per heavy atom. The smallest absolute Gasteiger partial charge is 0.0720 e. The number of benzene rings is 8. The van der Waals surface area contributed by atoms with E-state index in [-0.39, 0.29) is 5.92 Å². The number of fused-ring (bicyclic) bond motifs is 6. The van der Waals surface area contributed by atoms with Crippen LogP contribution in [0.15, 0.2) is 200 Å². The molecule has 0 aliphatic heterocycles. The lowest BCUT2D eigenvalue weighted by atomic mass is 9.66. The summed E-state index contributed by atoms with van der Waals surface area (Å²) in [6.45, 7) is 0. The van der Waals surface area contributed by atoms with Crippen molar-refractivity contribution in [1.29, 1.82) is 0 Å². The Labute approximate surface area is 303 Å². The molecule has 1 aliphatic carbocycles. The van der Waals surface area contributed by atoms with Gasteiger partial charge in [0.1, 0.15) is 0 Å². The molecule has 51 heavy (non-hydrogen) atoms. The van der Waals surface area contributed by atoms with Crippen LogP contribution < -0.4 is 0 Å². The standard InChI is InChI=1S/C50H34S/c1-4-15-34(16-5-1)35-27-29-37(30-28-35)48(36-17-6-2-7-18-36)38-31-32-42-47(33-38)51-46-26-14-25-45(49(42)46)50(39-19-8-3-9-20-39)43-23-12-10-21-40(43)41-22-11-13-24-44(41)50/h1-33,48H. The highest BCUT2D eigenvalue weighted by Gasteiger charge is 2.46. The summed E-state index contributed by atoms with van der Waals surface area (Å²) in [6.07, 6.45) is 0. The molecule has 0 bridgehead atoms. The molecule has 0 fully saturated rings. The van der Waals surface area contributed by atoms with Gasteiger partial charge in [0.2, 0.25) is 0 Å². The molecule has 8 aromatic carbocycles. The van der Waals surface area contributed by atoms with E-state index in [2.05, 4.69) is 200 Å². The van der Waals surface area contributed by atoms with Crippen LogP contribution in [-0.2, 0) is 5.41 Å². The molecule has 0 amide bonds. The average Bonchev–Trinajstić information content (AvgIpc) is 3.73. The van der Waals surface area contributed by atoms with Crippen molar-refractivity contribution in [3.8, 4) is 22.3 Å². The first-order valence-electron chi connectivity index (χ1n) is 17.7. The van der Waals surface area contributed by atoms with Gasteiger partial charge < -0.3 is 0 Å². The second kappa shape index (κ2) is 12.1. The molecule has 0 saturated heterocycles. The fourth-order valence-electron chi connectivity index (χ4n) is 8.74. The van der Waals surface area contributed by atoms with Crippen LogP contribution in [0, 0.1) is 0 Å². The third kappa shape index (κ3) is 4.66. The van der Waals surface area contributed by atoms with E-state index in [1.54, 1.807) is 0 Å². The molecule has 1 aromatic heterocycles. The highest BCUT2D eigenvalue weighted by molar-refractivity contribution is 7.25. The van der Waals surface area contributed by atoms with Gasteiger partial charge in [-0.2, -0.15) is 0 Å². The van der Waals surface area contributed by atoms with Gasteiger partial charge in [0.15, 0.2) is 0 Å². The van der Waals surface area contributed by atoms with Crippen LogP contribution in [0.3, 0.4) is 0 Å². The van der Waals surface area contributed by atoms with Crippen LogP contribution in [0.2, 0.25) is 0 Å². The lowest BCUT2D eigenvalue weighted by Gasteiger charge is -2.34. The average molecular weight is 667 g/mol. The second-order valence-electron chi connectivity index (χ2n) is 13.6. The van der Waals surface area contributed by atoms with Crippen LogP contribution in [0.25, 0.3) is 42.4 Å². The van der Waals surface area contributed by atoms with E-state index in [9.17, 15) is 0 Å². The number of thiophene rings is 1. The maximum Gasteiger partial charge on any atom is 0.0720 e. The summed E-state index contributed by atoms with van der Waals surface area (Å²) in [7, 11) is 0. The second-order valence-corrected chi connectivity index (χ2v) is 14.7. The van der Waals surface area contributed by atoms with Crippen LogP contribution >= 0.6 is 11.3 Å². The molecule has 1 unspecified atom stereocenters. The fourth-order valence-corrected chi connectivity index (χ4v) is 9.92. The molecule has 0 nitrogen and oxygen atoms in total. The van der Waals surface area contributed by atoms with Crippen molar-refractivity contribution < 1.29 is 0 Å². The Morgan fingerprint density at radius 1 is 0.373 bits per heavy atom. The predicted octanol–water partition coefficient (Wildman–Crippen LogP) is 13.3. The summed E-state index contributed by atoms with van der Waals surface area (Å²) >= 11 is 1.91. The third-order valence-electron chi connectivity index (χ3n) is 10.9. The van der Waals surface area contributed by atoms with Crippen molar-refractivity contribution in [1.82, 2.24) is 0 Å². The van der Waals surface area contributed by atoms with Crippen molar-refractivity contribution >= 4 is 31.5 Å². The van der Waals surface area contributed by atoms with Crippen LogP contribution in [0.4, 0.5) is 0 Å². The summed E-state index contributed by atoms with van der Waals surface area (Å²) in [5, 5.41) is 2.67. The molecule has 10 rings (SSSR count). The molecule has 1 aliphatic rings. The molecular weight excluding hydrogens is 633 g/mol. The van der Waals surface area contributed by atoms with Gasteiger partial charge in [-0.15, -0.1) is 11.3 Å². The van der Waals surface area contributed by atoms with Gasteiger partial charge in [0, 0.05) is 26.1 Å². The highest BCUT2D eigenvalue weighted by atomic mass is 32.1. The topological polar surface area (TPSA) is 0 Å². The molecule has 0 spiro atoms. The van der Waals surface area contributed by atoms with E-state index in [1.165, 1.54) is 81.4 Å². The minimum Gasteiger partial charge on any atom is -0.135 e. The van der Waals surface area contributed by atoms with Gasteiger partial charge >= 0.3 is 0 Å². The van der Waals surface area contributed by atoms with Gasteiger partial charge in [-0.25, -0.2) is 0 Å². The van der Waals surface area contributed by atoms with Gasteiger partial charge in [-0.05, 0) is 73.3 Å². The summed E-state index contributed by atoms with van der Waals surface area (Å²) in [5.41, 5.74) is 13.9. The van der Waals surface area contributed by atoms with Crippen LogP contribution in [0.5, 0.6) is 0 Å². The normalized spacial score (nSPS) is 13.6. The maximum atomic E-state index is 2.46. The SMILES string of the molecule is c1ccc(-c2ccc(C(c3ccccc3)c3ccc4c(c3)sc3cccc(C5(c6ccccc6)c6ccccc6-c6ccccc65)c34)cc2)cc1. The Balaban J connectivity index is 1.19. The minimum atomic E-state index is -0.437. The molecule has 0 radical (unpaired) electrons. The van der Waals surface area contributed by atoms with E-state index in [1.807, 2.05) is 11.3 Å². The van der Waals surface area contributed by atoms with Gasteiger partial charge in [-0.3, -0.25) is 0 Å². The first kappa shape index (κ1) is 29.9. The Hall–Kier alpha value is -6.02. The Kier molecular flexibility index (Phi) is 7.08. The Bertz CT molecular complexity index is 2620. The van der Waals surface area contributed by atoms with Crippen molar-refractivity contribution in [3.05, 3.63) is 239 Å². The van der Waals surface area contributed by atoms with E-state index in [4.69, 9.17) is 0 Å². The van der Waals surface area contributed by atoms with Gasteiger partial charge in [0.25, 0.3) is 0 Å². The lowest BCUT2D eigenvalue weighted by Crippen LogP contribution is -2.28. The van der Waals surface area contributed by atoms with Gasteiger partial charge in [-0.1, -0.05) is 188 Å². The van der Waals surface area contributed by atoms with E-state index < -0.39 is 5.41 Å². The van der Waals surface area contributed by atoms with Crippen molar-refractivity contribution in [2.24, 2.45) is 0 Å². The highest BCUT2D eigenvalue weighted by Crippen LogP contribution is 2.58. The van der Waals surface area contributed by atoms with Crippen LogP contribution in [-0.4, -0.2) is 0 Å². The first-order valence-corrected chi connectivity index (χ1v) is 18.5. The summed E-state index contributed by atoms with van der Waals surface area (Å²) in [6, 6.07) is 74.1. The molecular formula is C50H34S. The quantitative estimate of drug-likeness (QED) is 0.155. The number of hydrogen-bond acceptors (Lipinski definition) is 1. The molecule has 0 N–H and O–H groups in total. The van der Waals surface area contributed by atoms with Crippen molar-refractivity contribution in [3.63, 3.8) is 0 Å². The molecule has 1 atom stereocenters. The first-order chi connectivity index (χ1) is 25.3. The van der Waals surface area contributed by atoms with E-state index in [0.717, 1.165) is 0 Å². The van der Waals surface area contributed by atoms with E-state index >= 15 is 0 Å². The summed E-state index contributed by atoms with van der Waals surface area (Å²) in [4.78, 5) is 0. The third-order valence-corrected chi connectivity index (χ3v) is 12.0. The Morgan fingerprint density at radius 3 is 1.59 bits per heavy atom. The van der Waals surface area contributed by atoms with Crippen molar-refractivity contribution in [2.45, 2.75) is 11.3 Å². The van der Waals surface area contributed by atoms with Crippen LogP contribution in [0.1, 0.15) is 44.9 Å². The summed E-state index contributed by atoms with van der Waals surface area (Å²) < 4.78 is 2.64. The fraction of sp³-hybridized carbons (Fsp3) is 0.0400. The van der Waals surface area contributed by atoms with Gasteiger partial charge in [0.05, 0.1) is 5.41 Å². The zero-order valence-corrected chi connectivity index (χ0v) is 28.9. The molecule has 1 heteroatoms. The zero-order chi connectivity index (χ0) is 33.8. The van der Waals surface area contributed by atoms with Crippen molar-refractivity contribution in [2.75, 3.05) is 0 Å². The molecule has 9 aromatic rings. The molecule has 1 heterocycles. The molecule has 240 valence electrons. The number of hydrogen-bond donors (Lipinski definition) is 0. The lowest BCUT2D eigenvalue weighted by molar-refractivity contribution is 0.777. The largest absolute Gasteiger partial charge is 0.135 e. The minimum absolute atomic E-state index is 0.120. The maximum absolute atomic E-state index is 2.46. The zero-order valence-electron chi connectivity index (χ0n) is 28.0. The number of rotatable bonds is 6. The monoisotopic (exact) mass is 666 g/mol.